The highest BCUT2D eigenvalue weighted by Crippen LogP contribution is 2.23. The van der Waals surface area contributed by atoms with Gasteiger partial charge in [-0.1, -0.05) is 93.7 Å². The van der Waals surface area contributed by atoms with E-state index in [-0.39, 0.29) is 5.92 Å². The number of carboxylic acid groups (broad SMARTS) is 1. The average molecular weight is 357 g/mol. The summed E-state index contributed by atoms with van der Waals surface area (Å²) in [5.41, 5.74) is 0.922. The Labute approximate surface area is 160 Å². The van der Waals surface area contributed by atoms with Crippen LogP contribution in [0, 0.1) is 0 Å². The topological polar surface area (TPSA) is 37.3 Å². The highest BCUT2D eigenvalue weighted by atomic mass is 16.4. The van der Waals surface area contributed by atoms with Crippen LogP contribution >= 0.6 is 0 Å². The third-order valence-electron chi connectivity index (χ3n) is 4.69. The summed E-state index contributed by atoms with van der Waals surface area (Å²) in [6.45, 7) is 2.24. The first-order chi connectivity index (χ1) is 12.8. The van der Waals surface area contributed by atoms with Crippen LogP contribution in [0.25, 0.3) is 0 Å². The third-order valence-corrected chi connectivity index (χ3v) is 4.69. The molecule has 26 heavy (non-hydrogen) atoms. The summed E-state index contributed by atoms with van der Waals surface area (Å²) < 4.78 is 0. The molecule has 0 spiro atoms. The van der Waals surface area contributed by atoms with Crippen molar-refractivity contribution in [2.75, 3.05) is 0 Å². The van der Waals surface area contributed by atoms with Crippen LogP contribution in [0.15, 0.2) is 54.6 Å². The van der Waals surface area contributed by atoms with E-state index in [2.05, 4.69) is 31.2 Å². The summed E-state index contributed by atoms with van der Waals surface area (Å²) in [4.78, 5) is 11.5. The molecule has 2 nitrogen and oxygen atoms in total. The predicted molar refractivity (Wildman–Crippen MR) is 112 cm³/mol. The highest BCUT2D eigenvalue weighted by Gasteiger charge is 2.18. The molecule has 0 aliphatic rings. The quantitative estimate of drug-likeness (QED) is 0.265. The van der Waals surface area contributed by atoms with Crippen molar-refractivity contribution in [1.82, 2.24) is 0 Å². The zero-order chi connectivity index (χ0) is 18.9. The number of unbranched alkanes of at least 4 members (excludes halogenated alkanes) is 7. The van der Waals surface area contributed by atoms with Gasteiger partial charge in [-0.25, -0.2) is 0 Å². The minimum atomic E-state index is -0.707. The van der Waals surface area contributed by atoms with Crippen molar-refractivity contribution in [3.63, 3.8) is 0 Å². The van der Waals surface area contributed by atoms with E-state index < -0.39 is 5.97 Å². The zero-order valence-electron chi connectivity index (χ0n) is 16.4. The van der Waals surface area contributed by atoms with Gasteiger partial charge in [-0.05, 0) is 44.1 Å². The molecule has 1 unspecified atom stereocenters. The average Bonchev–Trinajstić information content (AvgIpc) is 2.65. The van der Waals surface area contributed by atoms with Gasteiger partial charge in [0.25, 0.3) is 0 Å². The number of hydrogen-bond donors (Lipinski definition) is 1. The molecule has 0 saturated carbocycles. The molecule has 0 aliphatic carbocycles. The highest BCUT2D eigenvalue weighted by molar-refractivity contribution is 5.75. The second-order valence-electron chi connectivity index (χ2n) is 6.97. The molecule has 0 saturated heterocycles. The lowest BCUT2D eigenvalue weighted by Gasteiger charge is -2.12. The molecule has 144 valence electrons. The molecule has 0 radical (unpaired) electrons. The van der Waals surface area contributed by atoms with E-state index in [1.54, 1.807) is 0 Å². The molecule has 0 heterocycles. The SMILES string of the molecule is CCCCC/C=C\C/C=C\CCCCCCC(C(=O)O)c1ccccc1. The number of benzene rings is 1. The van der Waals surface area contributed by atoms with Gasteiger partial charge >= 0.3 is 5.97 Å². The number of carboxylic acids is 1. The summed E-state index contributed by atoms with van der Waals surface area (Å²) in [5.74, 6) is -1.07. The zero-order valence-corrected chi connectivity index (χ0v) is 16.4. The van der Waals surface area contributed by atoms with Crippen molar-refractivity contribution in [3.05, 3.63) is 60.2 Å². The number of rotatable bonds is 15. The number of carbonyl (C=O) groups is 1. The van der Waals surface area contributed by atoms with Crippen LogP contribution in [0.3, 0.4) is 0 Å². The first-order valence-corrected chi connectivity index (χ1v) is 10.3. The second-order valence-corrected chi connectivity index (χ2v) is 6.97. The van der Waals surface area contributed by atoms with E-state index in [1.807, 2.05) is 30.3 Å². The van der Waals surface area contributed by atoms with Crippen molar-refractivity contribution < 1.29 is 9.90 Å². The number of hydrogen-bond acceptors (Lipinski definition) is 1. The molecule has 0 bridgehead atoms. The van der Waals surface area contributed by atoms with Gasteiger partial charge in [0.1, 0.15) is 0 Å². The van der Waals surface area contributed by atoms with E-state index in [4.69, 9.17) is 0 Å². The monoisotopic (exact) mass is 356 g/mol. The van der Waals surface area contributed by atoms with Gasteiger partial charge in [0, 0.05) is 0 Å². The summed E-state index contributed by atoms with van der Waals surface area (Å²) in [6, 6.07) is 9.60. The van der Waals surface area contributed by atoms with Gasteiger partial charge in [0.2, 0.25) is 0 Å². The minimum Gasteiger partial charge on any atom is -0.481 e. The predicted octanol–water partition coefficient (Wildman–Crippen LogP) is 7.28. The summed E-state index contributed by atoms with van der Waals surface area (Å²) in [5, 5.41) is 9.42. The first-order valence-electron chi connectivity index (χ1n) is 10.3. The van der Waals surface area contributed by atoms with Gasteiger partial charge in [-0.2, -0.15) is 0 Å². The summed E-state index contributed by atoms with van der Waals surface area (Å²) in [6.07, 6.45) is 21.6. The Hall–Kier alpha value is -1.83. The molecule has 1 N–H and O–H groups in total. The Balaban J connectivity index is 2.04. The van der Waals surface area contributed by atoms with Crippen LogP contribution in [0.2, 0.25) is 0 Å². The fourth-order valence-electron chi connectivity index (χ4n) is 3.10. The maximum Gasteiger partial charge on any atom is 0.310 e. The smallest absolute Gasteiger partial charge is 0.310 e. The lowest BCUT2D eigenvalue weighted by molar-refractivity contribution is -0.139. The Morgan fingerprint density at radius 1 is 0.885 bits per heavy atom. The van der Waals surface area contributed by atoms with Crippen molar-refractivity contribution in [2.45, 2.75) is 83.5 Å². The van der Waals surface area contributed by atoms with Crippen molar-refractivity contribution in [1.29, 1.82) is 0 Å². The lowest BCUT2D eigenvalue weighted by Crippen LogP contribution is -2.11. The molecule has 1 atom stereocenters. The van der Waals surface area contributed by atoms with Crippen LogP contribution in [0.5, 0.6) is 0 Å². The van der Waals surface area contributed by atoms with E-state index in [1.165, 1.54) is 38.5 Å². The maximum atomic E-state index is 11.5. The number of aliphatic carboxylic acids is 1. The van der Waals surface area contributed by atoms with Gasteiger partial charge in [-0.15, -0.1) is 0 Å². The van der Waals surface area contributed by atoms with Gasteiger partial charge in [0.05, 0.1) is 5.92 Å². The summed E-state index contributed by atoms with van der Waals surface area (Å²) in [7, 11) is 0. The van der Waals surface area contributed by atoms with Gasteiger partial charge in [0.15, 0.2) is 0 Å². The third kappa shape index (κ3) is 10.9. The summed E-state index contributed by atoms with van der Waals surface area (Å²) >= 11 is 0. The van der Waals surface area contributed by atoms with Gasteiger partial charge < -0.3 is 5.11 Å². The molecular formula is C24H36O2. The maximum absolute atomic E-state index is 11.5. The Morgan fingerprint density at radius 3 is 2.12 bits per heavy atom. The molecule has 0 amide bonds. The molecule has 1 aromatic carbocycles. The van der Waals surface area contributed by atoms with E-state index in [0.29, 0.717) is 0 Å². The molecule has 2 heteroatoms. The van der Waals surface area contributed by atoms with Crippen LogP contribution in [0.1, 0.15) is 89.0 Å². The van der Waals surface area contributed by atoms with Crippen molar-refractivity contribution >= 4 is 5.97 Å². The van der Waals surface area contributed by atoms with Crippen LogP contribution in [0.4, 0.5) is 0 Å². The normalized spacial score (nSPS) is 12.8. The number of allylic oxidation sites excluding steroid dienone is 4. The van der Waals surface area contributed by atoms with Crippen LogP contribution < -0.4 is 0 Å². The fraction of sp³-hybridized carbons (Fsp3) is 0.542. The van der Waals surface area contributed by atoms with E-state index in [9.17, 15) is 9.90 Å². The van der Waals surface area contributed by atoms with E-state index >= 15 is 0 Å². The standard InChI is InChI=1S/C24H36O2/c1-2-3-4-5-6-7-8-9-10-11-12-13-14-18-21-23(24(25)26)22-19-16-15-17-20-22/h6-7,9-10,15-17,19-20,23H,2-5,8,11-14,18,21H2,1H3,(H,25,26)/b7-6-,10-9-. The van der Waals surface area contributed by atoms with Crippen LogP contribution in [-0.2, 0) is 4.79 Å². The second kappa shape index (κ2) is 15.4. The van der Waals surface area contributed by atoms with Crippen LogP contribution in [-0.4, -0.2) is 11.1 Å². The lowest BCUT2D eigenvalue weighted by atomic mass is 9.93. The Bertz CT molecular complexity index is 516. The molecule has 0 aromatic heterocycles. The van der Waals surface area contributed by atoms with Gasteiger partial charge in [-0.3, -0.25) is 4.79 Å². The Kier molecular flexibility index (Phi) is 13.2. The van der Waals surface area contributed by atoms with Crippen molar-refractivity contribution in [2.24, 2.45) is 0 Å². The first kappa shape index (κ1) is 22.2. The molecule has 0 fully saturated rings. The van der Waals surface area contributed by atoms with E-state index in [0.717, 1.165) is 37.7 Å². The fourth-order valence-corrected chi connectivity index (χ4v) is 3.10. The molecule has 0 aliphatic heterocycles. The molecule has 1 rings (SSSR count). The molecule has 1 aromatic rings. The van der Waals surface area contributed by atoms with Crippen molar-refractivity contribution in [3.8, 4) is 0 Å². The Morgan fingerprint density at radius 2 is 1.50 bits per heavy atom. The molecular weight excluding hydrogens is 320 g/mol. The minimum absolute atomic E-state index is 0.361. The largest absolute Gasteiger partial charge is 0.481 e.